The van der Waals surface area contributed by atoms with Gasteiger partial charge in [0.25, 0.3) is 0 Å². The summed E-state index contributed by atoms with van der Waals surface area (Å²) in [5.41, 5.74) is 2.17. The van der Waals surface area contributed by atoms with E-state index in [9.17, 15) is 0 Å². The number of hydrogen-bond acceptors (Lipinski definition) is 2. The lowest BCUT2D eigenvalue weighted by Crippen LogP contribution is -2.33. The quantitative estimate of drug-likeness (QED) is 0.791. The second kappa shape index (κ2) is 7.91. The molecule has 0 aliphatic carbocycles. The largest absolute Gasteiger partial charge is 0.314 e. The summed E-state index contributed by atoms with van der Waals surface area (Å²) in [6, 6.07) is 0.484. The molecular weight excluding hydrogens is 258 g/mol. The van der Waals surface area contributed by atoms with E-state index in [-0.39, 0.29) is 0 Å². The Balaban J connectivity index is 2.81. The topological polar surface area (TPSA) is 29.9 Å². The molecule has 0 radical (unpaired) electrons. The molecule has 4 heteroatoms. The highest BCUT2D eigenvalue weighted by Gasteiger charge is 2.18. The molecule has 0 saturated heterocycles. The van der Waals surface area contributed by atoms with Gasteiger partial charge in [-0.15, -0.1) is 0 Å². The molecule has 0 spiro atoms. The number of aryl methyl sites for hydroxylation is 2. The van der Waals surface area contributed by atoms with Gasteiger partial charge in [-0.3, -0.25) is 4.68 Å². The van der Waals surface area contributed by atoms with Gasteiger partial charge in [-0.2, -0.15) is 5.10 Å². The molecule has 0 amide bonds. The van der Waals surface area contributed by atoms with Crippen molar-refractivity contribution >= 4 is 11.6 Å². The average Bonchev–Trinajstić information content (AvgIpc) is 2.66. The number of halogens is 1. The molecule has 0 aliphatic rings. The van der Waals surface area contributed by atoms with E-state index in [4.69, 9.17) is 11.6 Å². The fourth-order valence-electron chi connectivity index (χ4n) is 2.45. The van der Waals surface area contributed by atoms with Crippen molar-refractivity contribution in [1.29, 1.82) is 0 Å². The minimum atomic E-state index is 0.484. The highest BCUT2D eigenvalue weighted by Crippen LogP contribution is 2.23. The van der Waals surface area contributed by atoms with Gasteiger partial charge in [0, 0.05) is 19.5 Å². The Hall–Kier alpha value is -0.540. The molecule has 1 N–H and O–H groups in total. The van der Waals surface area contributed by atoms with Crippen molar-refractivity contribution in [2.24, 2.45) is 13.0 Å². The van der Waals surface area contributed by atoms with Crippen molar-refractivity contribution in [3.05, 3.63) is 16.4 Å². The number of rotatable bonds is 8. The Labute approximate surface area is 122 Å². The molecule has 19 heavy (non-hydrogen) atoms. The predicted octanol–water partition coefficient (Wildman–Crippen LogP) is 3.59. The van der Waals surface area contributed by atoms with Gasteiger partial charge in [-0.05, 0) is 25.3 Å². The van der Waals surface area contributed by atoms with Crippen LogP contribution < -0.4 is 5.32 Å². The summed E-state index contributed by atoms with van der Waals surface area (Å²) < 4.78 is 1.95. The zero-order valence-corrected chi connectivity index (χ0v) is 13.7. The third kappa shape index (κ3) is 4.50. The van der Waals surface area contributed by atoms with Crippen LogP contribution in [0.2, 0.25) is 5.02 Å². The van der Waals surface area contributed by atoms with Crippen molar-refractivity contribution < 1.29 is 0 Å². The van der Waals surface area contributed by atoms with Gasteiger partial charge in [0.1, 0.15) is 0 Å². The van der Waals surface area contributed by atoms with E-state index in [1.807, 2.05) is 11.7 Å². The Morgan fingerprint density at radius 2 is 2.00 bits per heavy atom. The van der Waals surface area contributed by atoms with E-state index in [0.29, 0.717) is 6.04 Å². The normalized spacial score (nSPS) is 14.6. The van der Waals surface area contributed by atoms with Crippen molar-refractivity contribution in [1.82, 2.24) is 15.1 Å². The zero-order chi connectivity index (χ0) is 14.4. The van der Waals surface area contributed by atoms with Gasteiger partial charge in [0.15, 0.2) is 0 Å². The Kier molecular flexibility index (Phi) is 6.87. The maximum Gasteiger partial charge on any atom is 0.0850 e. The summed E-state index contributed by atoms with van der Waals surface area (Å²) in [5, 5.41) is 8.93. The van der Waals surface area contributed by atoms with Crippen LogP contribution in [0, 0.1) is 5.92 Å². The van der Waals surface area contributed by atoms with Crippen molar-refractivity contribution in [2.75, 3.05) is 6.54 Å². The third-order valence-electron chi connectivity index (χ3n) is 3.82. The Morgan fingerprint density at radius 3 is 2.47 bits per heavy atom. The van der Waals surface area contributed by atoms with E-state index in [1.165, 1.54) is 12.8 Å². The molecule has 0 aromatic carbocycles. The lowest BCUT2D eigenvalue weighted by atomic mass is 9.96. The van der Waals surface area contributed by atoms with Crippen LogP contribution in [0.3, 0.4) is 0 Å². The zero-order valence-electron chi connectivity index (χ0n) is 13.0. The fraction of sp³-hybridized carbons (Fsp3) is 0.800. The predicted molar refractivity (Wildman–Crippen MR) is 82.8 cm³/mol. The highest BCUT2D eigenvalue weighted by atomic mass is 35.5. The van der Waals surface area contributed by atoms with Crippen LogP contribution in [0.1, 0.15) is 51.9 Å². The Morgan fingerprint density at radius 1 is 1.32 bits per heavy atom. The second-order valence-corrected chi connectivity index (χ2v) is 5.77. The molecule has 0 aliphatic heterocycles. The SMILES string of the molecule is CCNC(Cc1c(Cl)c(CC)nn1C)CC(C)CC. The van der Waals surface area contributed by atoms with Crippen LogP contribution in [0.5, 0.6) is 0 Å². The van der Waals surface area contributed by atoms with Crippen molar-refractivity contribution in [2.45, 2.75) is 59.4 Å². The molecule has 1 heterocycles. The summed E-state index contributed by atoms with van der Waals surface area (Å²) in [6.45, 7) is 9.81. The summed E-state index contributed by atoms with van der Waals surface area (Å²) in [4.78, 5) is 0. The summed E-state index contributed by atoms with van der Waals surface area (Å²) in [5.74, 6) is 0.738. The first kappa shape index (κ1) is 16.5. The van der Waals surface area contributed by atoms with Crippen LogP contribution in [0.4, 0.5) is 0 Å². The highest BCUT2D eigenvalue weighted by molar-refractivity contribution is 6.31. The van der Waals surface area contributed by atoms with Crippen LogP contribution in [0.25, 0.3) is 0 Å². The number of likely N-dealkylation sites (N-methyl/N-ethyl adjacent to an activating group) is 1. The van der Waals surface area contributed by atoms with Gasteiger partial charge in [0.05, 0.1) is 16.4 Å². The van der Waals surface area contributed by atoms with Crippen molar-refractivity contribution in [3.63, 3.8) is 0 Å². The summed E-state index contributed by atoms with van der Waals surface area (Å²) >= 11 is 6.43. The molecular formula is C15H28ClN3. The average molecular weight is 286 g/mol. The van der Waals surface area contributed by atoms with Crippen molar-refractivity contribution in [3.8, 4) is 0 Å². The minimum Gasteiger partial charge on any atom is -0.314 e. The van der Waals surface area contributed by atoms with Crippen LogP contribution in [0.15, 0.2) is 0 Å². The van der Waals surface area contributed by atoms with E-state index in [2.05, 4.69) is 38.1 Å². The van der Waals surface area contributed by atoms with Crippen LogP contribution >= 0.6 is 11.6 Å². The van der Waals surface area contributed by atoms with E-state index in [0.717, 1.165) is 41.7 Å². The van der Waals surface area contributed by atoms with E-state index >= 15 is 0 Å². The van der Waals surface area contributed by atoms with Gasteiger partial charge in [-0.25, -0.2) is 0 Å². The first-order chi connectivity index (χ1) is 9.03. The molecule has 1 aromatic rings. The fourth-order valence-corrected chi connectivity index (χ4v) is 2.83. The molecule has 0 bridgehead atoms. The molecule has 110 valence electrons. The summed E-state index contributed by atoms with van der Waals surface area (Å²) in [6.07, 6.45) is 4.26. The first-order valence-electron chi connectivity index (χ1n) is 7.46. The molecule has 2 unspecified atom stereocenters. The van der Waals surface area contributed by atoms with Crippen LogP contribution in [-0.2, 0) is 19.9 Å². The smallest absolute Gasteiger partial charge is 0.0850 e. The molecule has 0 fully saturated rings. The maximum absolute atomic E-state index is 6.43. The standard InChI is InChI=1S/C15H28ClN3/c1-6-11(4)9-12(17-8-3)10-14-15(16)13(7-2)18-19(14)5/h11-12,17H,6-10H2,1-5H3. The minimum absolute atomic E-state index is 0.484. The molecule has 1 rings (SSSR count). The number of hydrogen-bond donors (Lipinski definition) is 1. The molecule has 1 aromatic heterocycles. The number of nitrogens with zero attached hydrogens (tertiary/aromatic N) is 2. The van der Waals surface area contributed by atoms with Gasteiger partial charge >= 0.3 is 0 Å². The molecule has 2 atom stereocenters. The maximum atomic E-state index is 6.43. The monoisotopic (exact) mass is 285 g/mol. The molecule has 3 nitrogen and oxygen atoms in total. The number of nitrogens with one attached hydrogen (secondary N) is 1. The second-order valence-electron chi connectivity index (χ2n) is 5.39. The third-order valence-corrected chi connectivity index (χ3v) is 4.26. The lowest BCUT2D eigenvalue weighted by molar-refractivity contribution is 0.391. The van der Waals surface area contributed by atoms with Gasteiger partial charge < -0.3 is 5.32 Å². The molecule has 0 saturated carbocycles. The van der Waals surface area contributed by atoms with Gasteiger partial charge in [0.2, 0.25) is 0 Å². The van der Waals surface area contributed by atoms with Gasteiger partial charge in [-0.1, -0.05) is 45.7 Å². The van der Waals surface area contributed by atoms with E-state index < -0.39 is 0 Å². The van der Waals surface area contributed by atoms with Crippen LogP contribution in [-0.4, -0.2) is 22.4 Å². The Bertz CT molecular complexity index is 387. The summed E-state index contributed by atoms with van der Waals surface area (Å²) in [7, 11) is 1.99. The number of aromatic nitrogens is 2. The first-order valence-corrected chi connectivity index (χ1v) is 7.84. The lowest BCUT2D eigenvalue weighted by Gasteiger charge is -2.21. The van der Waals surface area contributed by atoms with E-state index in [1.54, 1.807) is 0 Å².